The van der Waals surface area contributed by atoms with E-state index >= 15 is 0 Å². The Morgan fingerprint density at radius 3 is 2.00 bits per heavy atom. The van der Waals surface area contributed by atoms with Crippen molar-refractivity contribution in [3.63, 3.8) is 0 Å². The van der Waals surface area contributed by atoms with Crippen LogP contribution in [0.2, 0.25) is 0 Å². The van der Waals surface area contributed by atoms with Crippen molar-refractivity contribution in [2.75, 3.05) is 10.6 Å². The van der Waals surface area contributed by atoms with Crippen LogP contribution in [0.3, 0.4) is 0 Å². The molecule has 154 valence electrons. The number of carbonyl (C=O) groups is 2. The van der Waals surface area contributed by atoms with E-state index in [0.29, 0.717) is 11.4 Å². The van der Waals surface area contributed by atoms with Crippen LogP contribution in [0, 0.1) is 0 Å². The lowest BCUT2D eigenvalue weighted by Crippen LogP contribution is -2.56. The monoisotopic (exact) mass is 472 g/mol. The molecule has 10 heteroatoms. The van der Waals surface area contributed by atoms with Crippen molar-refractivity contribution in [2.24, 2.45) is 0 Å². The number of benzene rings is 2. The maximum absolute atomic E-state index is 12.3. The van der Waals surface area contributed by atoms with Crippen molar-refractivity contribution in [3.05, 3.63) is 60.2 Å². The van der Waals surface area contributed by atoms with E-state index in [1.807, 2.05) is 30.3 Å². The summed E-state index contributed by atoms with van der Waals surface area (Å²) in [4.78, 5) is 23.4. The Morgan fingerprint density at radius 2 is 1.48 bits per heavy atom. The van der Waals surface area contributed by atoms with Crippen LogP contribution in [-0.2, 0) is 16.0 Å². The van der Waals surface area contributed by atoms with Gasteiger partial charge in [0.05, 0.1) is 6.42 Å². The maximum atomic E-state index is 12.3. The summed E-state index contributed by atoms with van der Waals surface area (Å²) in [5.41, 5.74) is 2.12. The summed E-state index contributed by atoms with van der Waals surface area (Å²) in [5.74, 6) is -0.498. The molecular formula is C19H19Cl3N4O2S. The van der Waals surface area contributed by atoms with Crippen LogP contribution >= 0.6 is 47.0 Å². The van der Waals surface area contributed by atoms with Gasteiger partial charge in [-0.05, 0) is 42.0 Å². The number of thiocarbonyl (C=S) groups is 1. The molecule has 0 saturated carbocycles. The van der Waals surface area contributed by atoms with E-state index in [9.17, 15) is 9.59 Å². The van der Waals surface area contributed by atoms with Gasteiger partial charge in [0.2, 0.25) is 15.6 Å². The first kappa shape index (κ1) is 23.2. The molecule has 2 aromatic rings. The second-order valence-electron chi connectivity index (χ2n) is 6.06. The van der Waals surface area contributed by atoms with E-state index in [2.05, 4.69) is 21.3 Å². The van der Waals surface area contributed by atoms with Crippen molar-refractivity contribution in [2.45, 2.75) is 23.3 Å². The quantitative estimate of drug-likeness (QED) is 0.290. The summed E-state index contributed by atoms with van der Waals surface area (Å²) in [6, 6.07) is 16.0. The van der Waals surface area contributed by atoms with E-state index in [4.69, 9.17) is 47.0 Å². The first-order valence-electron chi connectivity index (χ1n) is 8.48. The van der Waals surface area contributed by atoms with Gasteiger partial charge < -0.3 is 21.3 Å². The second kappa shape index (κ2) is 10.6. The highest BCUT2D eigenvalue weighted by Gasteiger charge is 2.34. The van der Waals surface area contributed by atoms with E-state index < -0.39 is 9.96 Å². The lowest BCUT2D eigenvalue weighted by atomic mass is 10.1. The number of alkyl halides is 3. The molecule has 0 spiro atoms. The highest BCUT2D eigenvalue weighted by Crippen LogP contribution is 2.29. The minimum absolute atomic E-state index is 0.130. The first-order valence-corrected chi connectivity index (χ1v) is 10.0. The molecule has 2 aromatic carbocycles. The van der Waals surface area contributed by atoms with E-state index in [-0.39, 0.29) is 23.3 Å². The van der Waals surface area contributed by atoms with Crippen LogP contribution in [-0.4, -0.2) is 26.9 Å². The zero-order valence-corrected chi connectivity index (χ0v) is 18.4. The molecule has 29 heavy (non-hydrogen) atoms. The van der Waals surface area contributed by atoms with Gasteiger partial charge in [0.15, 0.2) is 5.11 Å². The Balaban J connectivity index is 1.95. The van der Waals surface area contributed by atoms with Crippen LogP contribution in [0.4, 0.5) is 11.4 Å². The highest BCUT2D eigenvalue weighted by molar-refractivity contribution is 7.80. The molecule has 4 N–H and O–H groups in total. The van der Waals surface area contributed by atoms with Crippen LogP contribution < -0.4 is 21.3 Å². The second-order valence-corrected chi connectivity index (χ2v) is 8.84. The molecule has 0 radical (unpaired) electrons. The van der Waals surface area contributed by atoms with Crippen LogP contribution in [0.25, 0.3) is 0 Å². The smallest absolute Gasteiger partial charge is 0.228 e. The number of hydrogen-bond acceptors (Lipinski definition) is 3. The molecule has 0 aromatic heterocycles. The first-order chi connectivity index (χ1) is 13.6. The van der Waals surface area contributed by atoms with Gasteiger partial charge in [-0.2, -0.15) is 0 Å². The molecule has 0 saturated heterocycles. The molecule has 6 nitrogen and oxygen atoms in total. The van der Waals surface area contributed by atoms with Crippen LogP contribution in [0.15, 0.2) is 54.6 Å². The fourth-order valence-electron chi connectivity index (χ4n) is 2.33. The zero-order valence-electron chi connectivity index (χ0n) is 15.3. The Hall–Kier alpha value is -2.06. The molecule has 0 bridgehead atoms. The average Bonchev–Trinajstić information content (AvgIpc) is 2.62. The number of halogens is 3. The predicted molar refractivity (Wildman–Crippen MR) is 122 cm³/mol. The lowest BCUT2D eigenvalue weighted by Gasteiger charge is -2.27. The molecule has 0 aliphatic rings. The number of rotatable bonds is 6. The molecule has 1 atom stereocenters. The fourth-order valence-corrected chi connectivity index (χ4v) is 2.89. The number of amides is 2. The Morgan fingerprint density at radius 1 is 0.931 bits per heavy atom. The van der Waals surface area contributed by atoms with Gasteiger partial charge in [-0.3, -0.25) is 9.59 Å². The van der Waals surface area contributed by atoms with Crippen LogP contribution in [0.5, 0.6) is 0 Å². The third-order valence-electron chi connectivity index (χ3n) is 3.58. The lowest BCUT2D eigenvalue weighted by molar-refractivity contribution is -0.121. The summed E-state index contributed by atoms with van der Waals surface area (Å²) in [6.07, 6.45) is -0.924. The van der Waals surface area contributed by atoms with E-state index in [0.717, 1.165) is 5.56 Å². The molecule has 0 aliphatic heterocycles. The topological polar surface area (TPSA) is 82.3 Å². The minimum Gasteiger partial charge on any atom is -0.339 e. The predicted octanol–water partition coefficient (Wildman–Crippen LogP) is 3.99. The zero-order chi connectivity index (χ0) is 21.4. The highest BCUT2D eigenvalue weighted by atomic mass is 35.6. The van der Waals surface area contributed by atoms with Crippen LogP contribution in [0.1, 0.15) is 12.5 Å². The van der Waals surface area contributed by atoms with E-state index in [1.165, 1.54) is 6.92 Å². The Kier molecular flexibility index (Phi) is 8.52. The molecule has 0 unspecified atom stereocenters. The molecule has 2 rings (SSSR count). The largest absolute Gasteiger partial charge is 0.339 e. The maximum Gasteiger partial charge on any atom is 0.228 e. The normalized spacial score (nSPS) is 11.9. The minimum atomic E-state index is -1.84. The fraction of sp³-hybridized carbons (Fsp3) is 0.211. The number of hydrogen-bond donors (Lipinski definition) is 4. The van der Waals surface area contributed by atoms with E-state index in [1.54, 1.807) is 24.3 Å². The van der Waals surface area contributed by atoms with Gasteiger partial charge in [-0.15, -0.1) is 0 Å². The van der Waals surface area contributed by atoms with Gasteiger partial charge in [-0.1, -0.05) is 65.1 Å². The number of nitrogens with one attached hydrogen (secondary N) is 4. The molecule has 2 amide bonds. The Labute approximate surface area is 189 Å². The summed E-state index contributed by atoms with van der Waals surface area (Å²) in [5, 5.41) is 11.2. The van der Waals surface area contributed by atoms with Crippen molar-refractivity contribution < 1.29 is 9.59 Å². The van der Waals surface area contributed by atoms with Crippen molar-refractivity contribution in [3.8, 4) is 0 Å². The van der Waals surface area contributed by atoms with Gasteiger partial charge >= 0.3 is 0 Å². The van der Waals surface area contributed by atoms with Gasteiger partial charge in [0, 0.05) is 18.3 Å². The third kappa shape index (κ3) is 8.45. The third-order valence-corrected chi connectivity index (χ3v) is 4.45. The molecular weight excluding hydrogens is 455 g/mol. The van der Waals surface area contributed by atoms with Crippen molar-refractivity contribution in [1.29, 1.82) is 0 Å². The molecule has 0 heterocycles. The van der Waals surface area contributed by atoms with Crippen molar-refractivity contribution >= 4 is 75.3 Å². The molecule has 0 fully saturated rings. The van der Waals surface area contributed by atoms with Gasteiger partial charge in [-0.25, -0.2) is 0 Å². The summed E-state index contributed by atoms with van der Waals surface area (Å²) in [7, 11) is 0. The SMILES string of the molecule is CC(=O)Nc1ccc(NC(=S)N[C@H](NC(=O)Cc2ccccc2)C(Cl)(Cl)Cl)cc1. The number of anilines is 2. The standard InChI is InChI=1S/C19H19Cl3N4O2S/c1-12(27)23-14-7-9-15(10-8-14)24-18(29)26-17(19(20,21)22)25-16(28)11-13-5-3-2-4-6-13/h2-10,17H,11H2,1H3,(H,23,27)(H,25,28)(H2,24,26,29)/t17-/m0/s1. The van der Waals surface area contributed by atoms with Gasteiger partial charge in [0.25, 0.3) is 0 Å². The van der Waals surface area contributed by atoms with Crippen molar-refractivity contribution in [1.82, 2.24) is 10.6 Å². The average molecular weight is 474 g/mol. The number of carbonyl (C=O) groups excluding carboxylic acids is 2. The summed E-state index contributed by atoms with van der Waals surface area (Å²) >= 11 is 23.2. The summed E-state index contributed by atoms with van der Waals surface area (Å²) in [6.45, 7) is 1.42. The summed E-state index contributed by atoms with van der Waals surface area (Å²) < 4.78 is -1.84. The van der Waals surface area contributed by atoms with Gasteiger partial charge in [0.1, 0.15) is 6.17 Å². The molecule has 0 aliphatic carbocycles. The Bertz CT molecular complexity index is 858.